The number of hydrogen-bond acceptors (Lipinski definition) is 4. The lowest BCUT2D eigenvalue weighted by atomic mass is 9.84. The largest absolute Gasteiger partial charge is 0.497 e. The molecule has 0 saturated carbocycles. The lowest BCUT2D eigenvalue weighted by Crippen LogP contribution is -2.36. The second-order valence-corrected chi connectivity index (χ2v) is 4.87. The van der Waals surface area contributed by atoms with E-state index in [9.17, 15) is 5.11 Å². The molecule has 0 fully saturated rings. The molecule has 0 radical (unpaired) electrons. The number of nitrogens with two attached hydrogens (primary N) is 1. The van der Waals surface area contributed by atoms with Crippen molar-refractivity contribution >= 4 is 0 Å². The number of fused-ring (bicyclic) bond motifs is 2. The summed E-state index contributed by atoms with van der Waals surface area (Å²) < 4.78 is 11.0. The number of benzene rings is 2. The number of aliphatic hydroxyl groups is 1. The van der Waals surface area contributed by atoms with Crippen LogP contribution in [0.1, 0.15) is 16.7 Å². The van der Waals surface area contributed by atoms with Gasteiger partial charge < -0.3 is 20.3 Å². The average Bonchev–Trinajstić information content (AvgIpc) is 2.63. The number of methoxy groups -OCH3 is 1. The first-order valence-electron chi connectivity index (χ1n) is 6.51. The van der Waals surface area contributed by atoms with Crippen LogP contribution in [0.25, 0.3) is 0 Å². The van der Waals surface area contributed by atoms with Gasteiger partial charge in [0, 0.05) is 12.1 Å². The van der Waals surface area contributed by atoms with Gasteiger partial charge in [0.1, 0.15) is 23.7 Å². The van der Waals surface area contributed by atoms with Crippen LogP contribution in [0, 0.1) is 0 Å². The average molecular weight is 271 g/mol. The van der Waals surface area contributed by atoms with Crippen molar-refractivity contribution in [3.8, 4) is 11.5 Å². The molecule has 3 N–H and O–H groups in total. The van der Waals surface area contributed by atoms with Crippen LogP contribution < -0.4 is 15.2 Å². The van der Waals surface area contributed by atoms with Crippen LogP contribution in [-0.2, 0) is 12.2 Å². The van der Waals surface area contributed by atoms with Gasteiger partial charge in [-0.3, -0.25) is 0 Å². The summed E-state index contributed by atoms with van der Waals surface area (Å²) in [6, 6.07) is 13.0. The number of hydrogen-bond donors (Lipinski definition) is 2. The van der Waals surface area contributed by atoms with Gasteiger partial charge in [-0.15, -0.1) is 0 Å². The Kier molecular flexibility index (Phi) is 3.12. The third-order valence-corrected chi connectivity index (χ3v) is 3.77. The Morgan fingerprint density at radius 2 is 2.05 bits per heavy atom. The van der Waals surface area contributed by atoms with E-state index in [1.165, 1.54) is 0 Å². The lowest BCUT2D eigenvalue weighted by Gasteiger charge is -2.28. The molecule has 0 spiro atoms. The molecule has 0 aliphatic carbocycles. The molecule has 104 valence electrons. The van der Waals surface area contributed by atoms with Crippen LogP contribution in [0.4, 0.5) is 0 Å². The molecular formula is C16H17NO3. The fraction of sp³-hybridized carbons (Fsp3) is 0.250. The van der Waals surface area contributed by atoms with Crippen LogP contribution in [0.15, 0.2) is 42.5 Å². The van der Waals surface area contributed by atoms with Crippen LogP contribution in [-0.4, -0.2) is 18.8 Å². The molecule has 20 heavy (non-hydrogen) atoms. The van der Waals surface area contributed by atoms with Crippen molar-refractivity contribution in [2.24, 2.45) is 5.73 Å². The standard InChI is InChI=1S/C16H17NO3/c1-19-12-6-7-13-11(8-12)9-20-15-5-3-2-4-14(15)16(13,18)10-17/h2-8,18H,9-10,17H2,1H3. The van der Waals surface area contributed by atoms with E-state index in [4.69, 9.17) is 15.2 Å². The number of rotatable bonds is 2. The lowest BCUT2D eigenvalue weighted by molar-refractivity contribution is 0.0894. The SMILES string of the molecule is COc1ccc2c(c1)COc1ccccc1C2(O)CN. The van der Waals surface area contributed by atoms with Gasteiger partial charge in [0.15, 0.2) is 0 Å². The number of para-hydroxylation sites is 1. The van der Waals surface area contributed by atoms with Gasteiger partial charge in [0.2, 0.25) is 0 Å². The summed E-state index contributed by atoms with van der Waals surface area (Å²) in [4.78, 5) is 0. The maximum atomic E-state index is 11.1. The summed E-state index contributed by atoms with van der Waals surface area (Å²) in [5.74, 6) is 1.40. The maximum Gasteiger partial charge on any atom is 0.131 e. The third kappa shape index (κ3) is 1.85. The Hall–Kier alpha value is -2.04. The molecule has 0 bridgehead atoms. The minimum Gasteiger partial charge on any atom is -0.497 e. The first-order valence-corrected chi connectivity index (χ1v) is 6.51. The Bertz CT molecular complexity index is 641. The molecule has 4 heteroatoms. The fourth-order valence-corrected chi connectivity index (χ4v) is 2.67. The molecule has 1 aliphatic heterocycles. The Morgan fingerprint density at radius 3 is 2.80 bits per heavy atom. The van der Waals surface area contributed by atoms with Gasteiger partial charge in [0.05, 0.1) is 7.11 Å². The van der Waals surface area contributed by atoms with Crippen LogP contribution in [0.3, 0.4) is 0 Å². The van der Waals surface area contributed by atoms with E-state index in [0.29, 0.717) is 17.9 Å². The van der Waals surface area contributed by atoms with E-state index in [0.717, 1.165) is 16.9 Å². The van der Waals surface area contributed by atoms with Crippen molar-refractivity contribution in [1.29, 1.82) is 0 Å². The molecule has 2 aromatic rings. The summed E-state index contributed by atoms with van der Waals surface area (Å²) in [6.45, 7) is 0.471. The second-order valence-electron chi connectivity index (χ2n) is 4.87. The van der Waals surface area contributed by atoms with E-state index in [1.54, 1.807) is 7.11 Å². The molecule has 1 atom stereocenters. The fourth-order valence-electron chi connectivity index (χ4n) is 2.67. The van der Waals surface area contributed by atoms with Crippen LogP contribution in [0.2, 0.25) is 0 Å². The molecule has 0 amide bonds. The minimum atomic E-state index is -1.24. The Labute approximate surface area is 117 Å². The van der Waals surface area contributed by atoms with E-state index >= 15 is 0 Å². The van der Waals surface area contributed by atoms with Gasteiger partial charge in [-0.1, -0.05) is 24.3 Å². The normalized spacial score (nSPS) is 20.4. The second kappa shape index (κ2) is 4.81. The van der Waals surface area contributed by atoms with Gasteiger partial charge in [0.25, 0.3) is 0 Å². The van der Waals surface area contributed by atoms with Crippen LogP contribution in [0.5, 0.6) is 11.5 Å². The van der Waals surface area contributed by atoms with E-state index in [2.05, 4.69) is 0 Å². The van der Waals surface area contributed by atoms with Crippen molar-refractivity contribution in [3.05, 3.63) is 59.2 Å². The minimum absolute atomic E-state index is 0.0900. The first-order chi connectivity index (χ1) is 9.69. The molecule has 2 aromatic carbocycles. The summed E-state index contributed by atoms with van der Waals surface area (Å²) in [5, 5.41) is 11.1. The molecule has 1 heterocycles. The smallest absolute Gasteiger partial charge is 0.131 e. The maximum absolute atomic E-state index is 11.1. The molecule has 1 unspecified atom stereocenters. The highest BCUT2D eigenvalue weighted by molar-refractivity contribution is 5.51. The summed E-state index contributed by atoms with van der Waals surface area (Å²) in [6.07, 6.45) is 0. The highest BCUT2D eigenvalue weighted by Gasteiger charge is 2.37. The van der Waals surface area contributed by atoms with Gasteiger partial charge in [-0.2, -0.15) is 0 Å². The molecule has 1 aliphatic rings. The highest BCUT2D eigenvalue weighted by atomic mass is 16.5. The van der Waals surface area contributed by atoms with Crippen molar-refractivity contribution in [3.63, 3.8) is 0 Å². The third-order valence-electron chi connectivity index (χ3n) is 3.77. The van der Waals surface area contributed by atoms with Crippen molar-refractivity contribution in [1.82, 2.24) is 0 Å². The van der Waals surface area contributed by atoms with Gasteiger partial charge in [-0.25, -0.2) is 0 Å². The van der Waals surface area contributed by atoms with Crippen LogP contribution >= 0.6 is 0 Å². The molecule has 3 rings (SSSR count). The number of ether oxygens (including phenoxy) is 2. The summed E-state index contributed by atoms with van der Waals surface area (Å²) in [5.41, 5.74) is 6.98. The zero-order valence-electron chi connectivity index (χ0n) is 11.3. The first kappa shape index (κ1) is 13.0. The van der Waals surface area contributed by atoms with Crippen molar-refractivity contribution in [2.45, 2.75) is 12.2 Å². The van der Waals surface area contributed by atoms with Crippen molar-refractivity contribution < 1.29 is 14.6 Å². The summed E-state index contributed by atoms with van der Waals surface area (Å²) >= 11 is 0. The predicted molar refractivity (Wildman–Crippen MR) is 75.8 cm³/mol. The Balaban J connectivity index is 2.23. The topological polar surface area (TPSA) is 64.7 Å². The quantitative estimate of drug-likeness (QED) is 0.874. The molecule has 0 aromatic heterocycles. The van der Waals surface area contributed by atoms with E-state index in [1.807, 2.05) is 42.5 Å². The summed E-state index contributed by atoms with van der Waals surface area (Å²) in [7, 11) is 1.61. The molecule has 0 saturated heterocycles. The monoisotopic (exact) mass is 271 g/mol. The van der Waals surface area contributed by atoms with Crippen molar-refractivity contribution in [2.75, 3.05) is 13.7 Å². The molecular weight excluding hydrogens is 254 g/mol. The zero-order chi connectivity index (χ0) is 14.2. The van der Waals surface area contributed by atoms with Gasteiger partial charge in [-0.05, 0) is 29.3 Å². The predicted octanol–water partition coefficient (Wildman–Crippen LogP) is 1.78. The molecule has 4 nitrogen and oxygen atoms in total. The van der Waals surface area contributed by atoms with E-state index in [-0.39, 0.29) is 6.54 Å². The van der Waals surface area contributed by atoms with E-state index < -0.39 is 5.60 Å². The van der Waals surface area contributed by atoms with Gasteiger partial charge >= 0.3 is 0 Å². The Morgan fingerprint density at radius 1 is 1.25 bits per heavy atom. The zero-order valence-corrected chi connectivity index (χ0v) is 11.3. The highest BCUT2D eigenvalue weighted by Crippen LogP contribution is 2.40.